The van der Waals surface area contributed by atoms with Crippen LogP contribution in [-0.4, -0.2) is 30.0 Å². The number of benzene rings is 2. The molecule has 0 bridgehead atoms. The zero-order valence-electron chi connectivity index (χ0n) is 15.7. The largest absolute Gasteiger partial charge is 0.490 e. The number of nitrogens with one attached hydrogen (secondary N) is 1. The summed E-state index contributed by atoms with van der Waals surface area (Å²) in [5, 5.41) is 2.61. The number of amides is 1. The predicted octanol–water partition coefficient (Wildman–Crippen LogP) is 4.34. The van der Waals surface area contributed by atoms with Crippen LogP contribution in [0.3, 0.4) is 0 Å². The highest BCUT2D eigenvalue weighted by atomic mass is 32.2. The van der Waals surface area contributed by atoms with Gasteiger partial charge in [-0.1, -0.05) is 42.2 Å². The molecule has 2 aromatic rings. The molecular formula is C21H21NO4S2. The molecule has 0 saturated carbocycles. The molecule has 1 fully saturated rings. The van der Waals surface area contributed by atoms with Gasteiger partial charge in [-0.3, -0.25) is 4.79 Å². The minimum absolute atomic E-state index is 0.179. The zero-order chi connectivity index (χ0) is 19.9. The topological polar surface area (TPSA) is 56.8 Å². The van der Waals surface area contributed by atoms with E-state index in [0.29, 0.717) is 40.5 Å². The summed E-state index contributed by atoms with van der Waals surface area (Å²) < 4.78 is 17.7. The van der Waals surface area contributed by atoms with E-state index in [1.165, 1.54) is 11.8 Å². The molecule has 0 aliphatic carbocycles. The van der Waals surface area contributed by atoms with Crippen molar-refractivity contribution < 1.29 is 19.0 Å². The average Bonchev–Trinajstić information content (AvgIpc) is 2.97. The Hall–Kier alpha value is -2.51. The van der Waals surface area contributed by atoms with E-state index in [1.807, 2.05) is 56.3 Å². The number of ether oxygens (including phenoxy) is 3. The van der Waals surface area contributed by atoms with Crippen LogP contribution in [0.15, 0.2) is 47.4 Å². The average molecular weight is 416 g/mol. The molecule has 1 aliphatic rings. The Labute approximate surface area is 174 Å². The standard InChI is InChI=1S/C21H21NO4S2/c1-3-24-18-12-15(13-19-20(23)22-21(27)28-19)7-8-17(18)26-10-9-25-16-6-4-5-14(2)11-16/h4-8,11-13H,3,9-10H2,1-2H3,(H,22,23,27). The van der Waals surface area contributed by atoms with Crippen LogP contribution >= 0.6 is 24.0 Å². The Morgan fingerprint density at radius 1 is 1.07 bits per heavy atom. The van der Waals surface area contributed by atoms with Crippen LogP contribution in [0.1, 0.15) is 18.1 Å². The normalized spacial score (nSPS) is 14.9. The number of aryl methyl sites for hydroxylation is 1. The van der Waals surface area contributed by atoms with Gasteiger partial charge in [0.1, 0.15) is 23.3 Å². The number of carbonyl (C=O) groups excluding carboxylic acids is 1. The molecular weight excluding hydrogens is 394 g/mol. The highest BCUT2D eigenvalue weighted by molar-refractivity contribution is 8.26. The van der Waals surface area contributed by atoms with E-state index >= 15 is 0 Å². The van der Waals surface area contributed by atoms with Crippen molar-refractivity contribution in [1.82, 2.24) is 5.32 Å². The second kappa shape index (κ2) is 9.61. The van der Waals surface area contributed by atoms with Gasteiger partial charge in [-0.25, -0.2) is 0 Å². The van der Waals surface area contributed by atoms with Crippen molar-refractivity contribution in [2.45, 2.75) is 13.8 Å². The summed E-state index contributed by atoms with van der Waals surface area (Å²) in [5.74, 6) is 1.90. The van der Waals surface area contributed by atoms with Crippen LogP contribution in [0, 0.1) is 6.92 Å². The van der Waals surface area contributed by atoms with Gasteiger partial charge in [-0.05, 0) is 55.3 Å². The van der Waals surface area contributed by atoms with Gasteiger partial charge in [0.05, 0.1) is 11.5 Å². The van der Waals surface area contributed by atoms with Gasteiger partial charge in [-0.2, -0.15) is 0 Å². The van der Waals surface area contributed by atoms with Gasteiger partial charge in [0, 0.05) is 0 Å². The molecule has 2 aromatic carbocycles. The van der Waals surface area contributed by atoms with Crippen LogP contribution < -0.4 is 19.5 Å². The predicted molar refractivity (Wildman–Crippen MR) is 116 cm³/mol. The molecule has 5 nitrogen and oxygen atoms in total. The third-order valence-corrected chi connectivity index (χ3v) is 4.97. The fourth-order valence-corrected chi connectivity index (χ4v) is 3.63. The summed E-state index contributed by atoms with van der Waals surface area (Å²) >= 11 is 6.26. The van der Waals surface area contributed by atoms with Gasteiger partial charge < -0.3 is 19.5 Å². The molecule has 146 valence electrons. The maximum absolute atomic E-state index is 11.8. The van der Waals surface area contributed by atoms with Crippen LogP contribution in [0.25, 0.3) is 6.08 Å². The first kappa shape index (κ1) is 20.2. The van der Waals surface area contributed by atoms with E-state index in [0.717, 1.165) is 16.9 Å². The molecule has 1 aliphatic heterocycles. The van der Waals surface area contributed by atoms with Gasteiger partial charge in [0.2, 0.25) is 0 Å². The highest BCUT2D eigenvalue weighted by Crippen LogP contribution is 2.32. The first-order valence-electron chi connectivity index (χ1n) is 8.89. The molecule has 0 unspecified atom stereocenters. The van der Waals surface area contributed by atoms with Crippen molar-refractivity contribution >= 4 is 40.3 Å². The van der Waals surface area contributed by atoms with Crippen LogP contribution in [0.5, 0.6) is 17.2 Å². The molecule has 7 heteroatoms. The molecule has 0 spiro atoms. The smallest absolute Gasteiger partial charge is 0.263 e. The fourth-order valence-electron chi connectivity index (χ4n) is 2.59. The SMILES string of the molecule is CCOc1cc(C=C2SC(=S)NC2=O)ccc1OCCOc1cccc(C)c1. The van der Waals surface area contributed by atoms with E-state index in [4.69, 9.17) is 26.4 Å². The third kappa shape index (κ3) is 5.50. The quantitative estimate of drug-likeness (QED) is 0.393. The molecule has 0 radical (unpaired) electrons. The number of hydrogen-bond acceptors (Lipinski definition) is 6. The Kier molecular flexibility index (Phi) is 6.95. The first-order valence-corrected chi connectivity index (χ1v) is 10.1. The number of thioether (sulfide) groups is 1. The highest BCUT2D eigenvalue weighted by Gasteiger charge is 2.22. The minimum Gasteiger partial charge on any atom is -0.490 e. The van der Waals surface area contributed by atoms with E-state index in [-0.39, 0.29) is 5.91 Å². The number of thiocarbonyl (C=S) groups is 1. The summed E-state index contributed by atoms with van der Waals surface area (Å²) in [4.78, 5) is 12.4. The summed E-state index contributed by atoms with van der Waals surface area (Å²) in [5.41, 5.74) is 1.99. The molecule has 1 N–H and O–H groups in total. The van der Waals surface area contributed by atoms with E-state index in [1.54, 1.807) is 6.08 Å². The van der Waals surface area contributed by atoms with E-state index in [9.17, 15) is 4.79 Å². The lowest BCUT2D eigenvalue weighted by Crippen LogP contribution is -2.17. The van der Waals surface area contributed by atoms with Crippen LogP contribution in [-0.2, 0) is 4.79 Å². The lowest BCUT2D eigenvalue weighted by molar-refractivity contribution is -0.115. The van der Waals surface area contributed by atoms with Gasteiger partial charge in [0.25, 0.3) is 5.91 Å². The summed E-state index contributed by atoms with van der Waals surface area (Å²) in [6.45, 7) is 5.26. The van der Waals surface area contributed by atoms with Crippen LogP contribution in [0.4, 0.5) is 0 Å². The molecule has 1 amide bonds. The molecule has 0 aromatic heterocycles. The molecule has 1 heterocycles. The Morgan fingerprint density at radius 2 is 1.89 bits per heavy atom. The minimum atomic E-state index is -0.179. The monoisotopic (exact) mass is 415 g/mol. The lowest BCUT2D eigenvalue weighted by Gasteiger charge is -2.13. The summed E-state index contributed by atoms with van der Waals surface area (Å²) in [7, 11) is 0. The number of hydrogen-bond donors (Lipinski definition) is 1. The molecule has 3 rings (SSSR count). The van der Waals surface area contributed by atoms with E-state index < -0.39 is 0 Å². The second-order valence-electron chi connectivity index (χ2n) is 6.00. The number of carbonyl (C=O) groups is 1. The Morgan fingerprint density at radius 3 is 2.61 bits per heavy atom. The second-order valence-corrected chi connectivity index (χ2v) is 7.72. The van der Waals surface area contributed by atoms with E-state index in [2.05, 4.69) is 5.32 Å². The molecule has 1 saturated heterocycles. The first-order chi connectivity index (χ1) is 13.5. The lowest BCUT2D eigenvalue weighted by atomic mass is 10.2. The van der Waals surface area contributed by atoms with Gasteiger partial charge in [-0.15, -0.1) is 0 Å². The van der Waals surface area contributed by atoms with Crippen molar-refractivity contribution in [1.29, 1.82) is 0 Å². The summed E-state index contributed by atoms with van der Waals surface area (Å²) in [6.07, 6.45) is 1.78. The molecule has 0 atom stereocenters. The van der Waals surface area contributed by atoms with Crippen molar-refractivity contribution in [2.24, 2.45) is 0 Å². The number of rotatable bonds is 8. The van der Waals surface area contributed by atoms with Crippen LogP contribution in [0.2, 0.25) is 0 Å². The Balaban J connectivity index is 1.63. The van der Waals surface area contributed by atoms with Crippen molar-refractivity contribution in [3.05, 3.63) is 58.5 Å². The zero-order valence-corrected chi connectivity index (χ0v) is 17.3. The van der Waals surface area contributed by atoms with Crippen molar-refractivity contribution in [2.75, 3.05) is 19.8 Å². The Bertz CT molecular complexity index is 911. The maximum atomic E-state index is 11.8. The summed E-state index contributed by atoms with van der Waals surface area (Å²) in [6, 6.07) is 13.4. The van der Waals surface area contributed by atoms with Crippen molar-refractivity contribution in [3.8, 4) is 17.2 Å². The van der Waals surface area contributed by atoms with Gasteiger partial charge >= 0.3 is 0 Å². The fraction of sp³-hybridized carbons (Fsp3) is 0.238. The third-order valence-electron chi connectivity index (χ3n) is 3.81. The molecule has 28 heavy (non-hydrogen) atoms. The van der Waals surface area contributed by atoms with Gasteiger partial charge in [0.15, 0.2) is 11.5 Å². The van der Waals surface area contributed by atoms with Crippen molar-refractivity contribution in [3.63, 3.8) is 0 Å². The maximum Gasteiger partial charge on any atom is 0.263 e.